The van der Waals surface area contributed by atoms with E-state index in [0.717, 1.165) is 54.3 Å². The zero-order valence-electron chi connectivity index (χ0n) is 18.7. The van der Waals surface area contributed by atoms with Crippen molar-refractivity contribution in [1.82, 2.24) is 9.47 Å². The fraction of sp³-hybridized carbons (Fsp3) is 0.375. The van der Waals surface area contributed by atoms with Crippen LogP contribution in [0.25, 0.3) is 11.3 Å². The molecule has 6 nitrogen and oxygen atoms in total. The normalized spacial score (nSPS) is 12.0. The standard InChI is InChI=1S/C24H30N4O2S/c1-5-26(6-2)14-7-15-27-23(20-9-12-22(13-10-20)28(29)30)17-31-24(27)25-21-11-8-18(3)19(4)16-21/h8-13,16-17H,5-7,14-15H2,1-4H3. The first-order chi connectivity index (χ1) is 14.9. The van der Waals surface area contributed by atoms with E-state index in [1.807, 2.05) is 18.2 Å². The molecule has 2 aromatic carbocycles. The van der Waals surface area contributed by atoms with Crippen LogP contribution in [0.5, 0.6) is 0 Å². The molecule has 0 amide bonds. The molecule has 1 aromatic heterocycles. The van der Waals surface area contributed by atoms with Gasteiger partial charge in [-0.3, -0.25) is 10.1 Å². The van der Waals surface area contributed by atoms with Gasteiger partial charge >= 0.3 is 0 Å². The Balaban J connectivity index is 1.99. The fourth-order valence-corrected chi connectivity index (χ4v) is 4.47. The monoisotopic (exact) mass is 438 g/mol. The lowest BCUT2D eigenvalue weighted by Crippen LogP contribution is -2.26. The molecule has 0 saturated carbocycles. The molecule has 0 unspecified atom stereocenters. The summed E-state index contributed by atoms with van der Waals surface area (Å²) in [4.78, 5) is 18.9. The van der Waals surface area contributed by atoms with Gasteiger partial charge in [0.05, 0.1) is 16.3 Å². The Bertz CT molecular complexity index is 1100. The van der Waals surface area contributed by atoms with Crippen LogP contribution in [0, 0.1) is 24.0 Å². The van der Waals surface area contributed by atoms with E-state index in [-0.39, 0.29) is 10.6 Å². The summed E-state index contributed by atoms with van der Waals surface area (Å²) in [5.41, 5.74) is 5.53. The average molecular weight is 439 g/mol. The summed E-state index contributed by atoms with van der Waals surface area (Å²) >= 11 is 1.61. The second-order valence-electron chi connectivity index (χ2n) is 7.62. The van der Waals surface area contributed by atoms with Crippen molar-refractivity contribution in [2.45, 2.75) is 40.7 Å². The lowest BCUT2D eigenvalue weighted by atomic mass is 10.1. The molecule has 0 aliphatic rings. The van der Waals surface area contributed by atoms with Gasteiger partial charge in [0.15, 0.2) is 4.80 Å². The Morgan fingerprint density at radius 1 is 1.06 bits per heavy atom. The minimum atomic E-state index is -0.365. The maximum Gasteiger partial charge on any atom is 0.269 e. The van der Waals surface area contributed by atoms with Gasteiger partial charge in [-0.15, -0.1) is 11.3 Å². The minimum absolute atomic E-state index is 0.104. The number of benzene rings is 2. The van der Waals surface area contributed by atoms with E-state index in [1.54, 1.807) is 23.5 Å². The molecule has 3 rings (SSSR count). The van der Waals surface area contributed by atoms with Crippen LogP contribution in [0.1, 0.15) is 31.4 Å². The first-order valence-electron chi connectivity index (χ1n) is 10.7. The van der Waals surface area contributed by atoms with E-state index in [1.165, 1.54) is 11.1 Å². The molecule has 0 spiro atoms. The molecule has 1 heterocycles. The number of non-ortho nitro benzene ring substituents is 1. The minimum Gasteiger partial charge on any atom is -0.316 e. The molecule has 0 fully saturated rings. The maximum absolute atomic E-state index is 11.0. The maximum atomic E-state index is 11.0. The molecule has 0 bridgehead atoms. The van der Waals surface area contributed by atoms with Gasteiger partial charge in [-0.05, 0) is 80.9 Å². The van der Waals surface area contributed by atoms with Crippen LogP contribution in [0.3, 0.4) is 0 Å². The number of hydrogen-bond acceptors (Lipinski definition) is 5. The molecule has 0 saturated heterocycles. The van der Waals surface area contributed by atoms with Gasteiger partial charge in [-0.25, -0.2) is 4.99 Å². The van der Waals surface area contributed by atoms with Crippen LogP contribution in [0.4, 0.5) is 11.4 Å². The topological polar surface area (TPSA) is 63.7 Å². The van der Waals surface area contributed by atoms with E-state index in [0.29, 0.717) is 0 Å². The molecule has 3 aromatic rings. The Hall–Kier alpha value is -2.77. The van der Waals surface area contributed by atoms with Gasteiger partial charge in [0.1, 0.15) is 0 Å². The van der Waals surface area contributed by atoms with Gasteiger partial charge in [0, 0.05) is 24.1 Å². The highest BCUT2D eigenvalue weighted by Crippen LogP contribution is 2.24. The molecule has 0 aliphatic carbocycles. The van der Waals surface area contributed by atoms with Crippen molar-refractivity contribution in [2.24, 2.45) is 4.99 Å². The van der Waals surface area contributed by atoms with E-state index in [2.05, 4.69) is 54.7 Å². The number of nitro groups is 1. The molecule has 0 atom stereocenters. The van der Waals surface area contributed by atoms with Gasteiger partial charge < -0.3 is 9.47 Å². The van der Waals surface area contributed by atoms with Crippen molar-refractivity contribution >= 4 is 22.7 Å². The van der Waals surface area contributed by atoms with Crippen LogP contribution in [0.2, 0.25) is 0 Å². The van der Waals surface area contributed by atoms with Gasteiger partial charge in [0.25, 0.3) is 5.69 Å². The lowest BCUT2D eigenvalue weighted by Gasteiger charge is -2.18. The summed E-state index contributed by atoms with van der Waals surface area (Å²) in [6.07, 6.45) is 1.01. The molecular formula is C24H30N4O2S. The highest BCUT2D eigenvalue weighted by atomic mass is 32.1. The number of aromatic nitrogens is 1. The van der Waals surface area contributed by atoms with Crippen LogP contribution >= 0.6 is 11.3 Å². The van der Waals surface area contributed by atoms with E-state index in [4.69, 9.17) is 4.99 Å². The SMILES string of the molecule is CCN(CC)CCCn1c(-c2ccc([N+](=O)[O-])cc2)csc1=Nc1ccc(C)c(C)c1. The van der Waals surface area contributed by atoms with Gasteiger partial charge in [-0.1, -0.05) is 19.9 Å². The number of rotatable bonds is 9. The van der Waals surface area contributed by atoms with E-state index in [9.17, 15) is 10.1 Å². The van der Waals surface area contributed by atoms with Crippen molar-refractivity contribution < 1.29 is 4.92 Å². The number of nitrogens with zero attached hydrogens (tertiary/aromatic N) is 4. The summed E-state index contributed by atoms with van der Waals surface area (Å²) < 4.78 is 2.24. The molecular weight excluding hydrogens is 408 g/mol. The predicted molar refractivity (Wildman–Crippen MR) is 128 cm³/mol. The molecule has 7 heteroatoms. The Labute approximate surface area is 187 Å². The highest BCUT2D eigenvalue weighted by Gasteiger charge is 2.11. The number of hydrogen-bond donors (Lipinski definition) is 0. The van der Waals surface area contributed by atoms with Crippen LogP contribution in [-0.4, -0.2) is 34.0 Å². The van der Waals surface area contributed by atoms with Crippen molar-refractivity contribution in [1.29, 1.82) is 0 Å². The second kappa shape index (κ2) is 10.5. The summed E-state index contributed by atoms with van der Waals surface area (Å²) in [5.74, 6) is 0. The van der Waals surface area contributed by atoms with Gasteiger partial charge in [-0.2, -0.15) is 0 Å². The number of aryl methyl sites for hydroxylation is 2. The third-order valence-corrected chi connectivity index (χ3v) is 6.50. The molecule has 164 valence electrons. The van der Waals surface area contributed by atoms with E-state index < -0.39 is 0 Å². The zero-order valence-corrected chi connectivity index (χ0v) is 19.5. The summed E-state index contributed by atoms with van der Waals surface area (Å²) in [6, 6.07) is 13.0. The molecule has 31 heavy (non-hydrogen) atoms. The summed E-state index contributed by atoms with van der Waals surface area (Å²) in [7, 11) is 0. The summed E-state index contributed by atoms with van der Waals surface area (Å²) in [6.45, 7) is 12.5. The highest BCUT2D eigenvalue weighted by molar-refractivity contribution is 7.07. The summed E-state index contributed by atoms with van der Waals surface area (Å²) in [5, 5.41) is 13.1. The third kappa shape index (κ3) is 5.68. The number of nitro benzene ring substituents is 1. The van der Waals surface area contributed by atoms with E-state index >= 15 is 0 Å². The van der Waals surface area contributed by atoms with Crippen molar-refractivity contribution in [2.75, 3.05) is 19.6 Å². The number of thiazole rings is 1. The fourth-order valence-electron chi connectivity index (χ4n) is 3.52. The van der Waals surface area contributed by atoms with Crippen LogP contribution in [0.15, 0.2) is 52.8 Å². The first-order valence-corrected chi connectivity index (χ1v) is 11.6. The Morgan fingerprint density at radius 3 is 2.39 bits per heavy atom. The van der Waals surface area contributed by atoms with Crippen LogP contribution in [-0.2, 0) is 6.54 Å². The van der Waals surface area contributed by atoms with Crippen LogP contribution < -0.4 is 4.80 Å². The zero-order chi connectivity index (χ0) is 22.4. The first kappa shape index (κ1) is 22.9. The Kier molecular flexibility index (Phi) is 7.76. The molecule has 0 N–H and O–H groups in total. The van der Waals surface area contributed by atoms with Crippen molar-refractivity contribution in [3.05, 3.63) is 73.9 Å². The third-order valence-electron chi connectivity index (χ3n) is 5.64. The second-order valence-corrected chi connectivity index (χ2v) is 8.46. The largest absolute Gasteiger partial charge is 0.316 e. The smallest absolute Gasteiger partial charge is 0.269 e. The average Bonchev–Trinajstić information content (AvgIpc) is 3.16. The lowest BCUT2D eigenvalue weighted by molar-refractivity contribution is -0.384. The van der Waals surface area contributed by atoms with Crippen molar-refractivity contribution in [3.8, 4) is 11.3 Å². The van der Waals surface area contributed by atoms with Crippen molar-refractivity contribution in [3.63, 3.8) is 0 Å². The Morgan fingerprint density at radius 2 is 1.77 bits per heavy atom. The predicted octanol–water partition coefficient (Wildman–Crippen LogP) is 5.71. The van der Waals surface area contributed by atoms with Gasteiger partial charge in [0.2, 0.25) is 0 Å². The quantitative estimate of drug-likeness (QED) is 0.318. The molecule has 0 aliphatic heterocycles. The molecule has 0 radical (unpaired) electrons.